The quantitative estimate of drug-likeness (QED) is 0.541. The maximum absolute atomic E-state index is 11.4. The molecule has 0 saturated carbocycles. The van der Waals surface area contributed by atoms with Crippen LogP contribution < -0.4 is 0 Å². The molecule has 2 rings (SSSR count). The van der Waals surface area contributed by atoms with Gasteiger partial charge in [0.05, 0.1) is 19.3 Å². The fourth-order valence-corrected chi connectivity index (χ4v) is 2.08. The molecule has 14 heavy (non-hydrogen) atoms. The van der Waals surface area contributed by atoms with Crippen molar-refractivity contribution in [3.8, 4) is 0 Å². The Kier molecular flexibility index (Phi) is 2.84. The fourth-order valence-electron chi connectivity index (χ4n) is 2.08. The molecule has 0 aromatic heterocycles. The molecule has 0 radical (unpaired) electrons. The first-order valence-electron chi connectivity index (χ1n) is 5.04. The summed E-state index contributed by atoms with van der Waals surface area (Å²) >= 11 is 0. The van der Waals surface area contributed by atoms with Crippen LogP contribution in [0.1, 0.15) is 0 Å². The molecule has 1 unspecified atom stereocenters. The van der Waals surface area contributed by atoms with Gasteiger partial charge in [0, 0.05) is 26.2 Å². The van der Waals surface area contributed by atoms with E-state index in [1.807, 2.05) is 4.90 Å². The van der Waals surface area contributed by atoms with Gasteiger partial charge in [0.1, 0.15) is 0 Å². The third-order valence-corrected chi connectivity index (χ3v) is 2.92. The number of carbonyl (C=O) groups is 1. The second kappa shape index (κ2) is 4.11. The van der Waals surface area contributed by atoms with Gasteiger partial charge < -0.3 is 9.64 Å². The predicted octanol–water partition coefficient (Wildman–Crippen LogP) is -0.285. The van der Waals surface area contributed by atoms with Crippen molar-refractivity contribution in [2.75, 3.05) is 39.4 Å². The van der Waals surface area contributed by atoms with Crippen LogP contribution in [-0.4, -0.2) is 61.1 Å². The maximum Gasteiger partial charge on any atom is 0.246 e. The molecule has 2 aliphatic rings. The molecule has 4 heteroatoms. The highest BCUT2D eigenvalue weighted by atomic mass is 16.5. The number of morpholine rings is 1. The number of carbonyl (C=O) groups excluding carboxylic acids is 1. The monoisotopic (exact) mass is 196 g/mol. The number of ether oxygens (including phenoxy) is 1. The normalized spacial score (nSPS) is 28.3. The Morgan fingerprint density at radius 1 is 1.43 bits per heavy atom. The van der Waals surface area contributed by atoms with Gasteiger partial charge in [-0.1, -0.05) is 6.58 Å². The van der Waals surface area contributed by atoms with Crippen molar-refractivity contribution in [3.05, 3.63) is 12.7 Å². The summed E-state index contributed by atoms with van der Waals surface area (Å²) in [6.07, 6.45) is 1.39. The van der Waals surface area contributed by atoms with E-state index < -0.39 is 0 Å². The van der Waals surface area contributed by atoms with Gasteiger partial charge in [-0.2, -0.15) is 0 Å². The van der Waals surface area contributed by atoms with Crippen LogP contribution in [0.3, 0.4) is 0 Å². The minimum absolute atomic E-state index is 0.0372. The Balaban J connectivity index is 1.95. The summed E-state index contributed by atoms with van der Waals surface area (Å²) in [5, 5.41) is 0. The summed E-state index contributed by atoms with van der Waals surface area (Å²) in [6.45, 7) is 8.65. The molecule has 1 atom stereocenters. The Morgan fingerprint density at radius 2 is 2.29 bits per heavy atom. The largest absolute Gasteiger partial charge is 0.378 e. The van der Waals surface area contributed by atoms with Gasteiger partial charge in [0.15, 0.2) is 0 Å². The van der Waals surface area contributed by atoms with Crippen molar-refractivity contribution in [2.45, 2.75) is 6.04 Å². The second-order valence-corrected chi connectivity index (χ2v) is 3.75. The first-order valence-corrected chi connectivity index (χ1v) is 5.04. The number of hydrogen-bond donors (Lipinski definition) is 0. The third-order valence-electron chi connectivity index (χ3n) is 2.92. The minimum Gasteiger partial charge on any atom is -0.378 e. The zero-order chi connectivity index (χ0) is 9.97. The molecular formula is C10H16N2O2. The van der Waals surface area contributed by atoms with Gasteiger partial charge >= 0.3 is 0 Å². The molecule has 2 heterocycles. The molecule has 0 N–H and O–H groups in total. The zero-order valence-electron chi connectivity index (χ0n) is 8.32. The van der Waals surface area contributed by atoms with E-state index in [2.05, 4.69) is 11.5 Å². The molecule has 78 valence electrons. The van der Waals surface area contributed by atoms with Crippen molar-refractivity contribution in [3.63, 3.8) is 0 Å². The van der Waals surface area contributed by atoms with Crippen molar-refractivity contribution in [1.29, 1.82) is 0 Å². The lowest BCUT2D eigenvalue weighted by Gasteiger charge is -2.43. The van der Waals surface area contributed by atoms with Crippen molar-refractivity contribution in [2.24, 2.45) is 0 Å². The zero-order valence-corrected chi connectivity index (χ0v) is 8.32. The molecule has 1 amide bonds. The van der Waals surface area contributed by atoms with Crippen molar-refractivity contribution in [1.82, 2.24) is 9.80 Å². The van der Waals surface area contributed by atoms with E-state index in [9.17, 15) is 4.79 Å². The standard InChI is InChI=1S/C10H16N2O2/c1-2-10(13)12-4-3-11-5-6-14-8-9(11)7-12/h2,9H,1,3-8H2. The molecule has 0 aromatic carbocycles. The van der Waals surface area contributed by atoms with Crippen molar-refractivity contribution < 1.29 is 9.53 Å². The summed E-state index contributed by atoms with van der Waals surface area (Å²) in [5.74, 6) is 0.0372. The Bertz CT molecular complexity index is 242. The highest BCUT2D eigenvalue weighted by Crippen LogP contribution is 2.13. The van der Waals surface area contributed by atoms with E-state index in [0.29, 0.717) is 6.04 Å². The van der Waals surface area contributed by atoms with Crippen LogP contribution in [0.2, 0.25) is 0 Å². The molecule has 2 aliphatic heterocycles. The second-order valence-electron chi connectivity index (χ2n) is 3.75. The first-order chi connectivity index (χ1) is 6.81. The summed E-state index contributed by atoms with van der Waals surface area (Å²) < 4.78 is 5.40. The SMILES string of the molecule is C=CC(=O)N1CCN2CCOCC2C1. The molecular weight excluding hydrogens is 180 g/mol. The van der Waals surface area contributed by atoms with Crippen LogP contribution in [0.15, 0.2) is 12.7 Å². The predicted molar refractivity (Wildman–Crippen MR) is 53.0 cm³/mol. The van der Waals surface area contributed by atoms with E-state index in [1.54, 1.807) is 0 Å². The lowest BCUT2D eigenvalue weighted by atomic mass is 10.1. The molecule has 0 spiro atoms. The number of amides is 1. The topological polar surface area (TPSA) is 32.8 Å². The van der Waals surface area contributed by atoms with Crippen LogP contribution in [0.5, 0.6) is 0 Å². The van der Waals surface area contributed by atoms with E-state index >= 15 is 0 Å². The molecule has 0 aliphatic carbocycles. The first kappa shape index (κ1) is 9.68. The van der Waals surface area contributed by atoms with E-state index in [-0.39, 0.29) is 5.91 Å². The van der Waals surface area contributed by atoms with Crippen LogP contribution in [0, 0.1) is 0 Å². The average Bonchev–Trinajstić information content (AvgIpc) is 2.27. The number of hydrogen-bond acceptors (Lipinski definition) is 3. The molecule has 2 fully saturated rings. The average molecular weight is 196 g/mol. The molecule has 2 saturated heterocycles. The van der Waals surface area contributed by atoms with Gasteiger partial charge in [0.2, 0.25) is 5.91 Å². The minimum atomic E-state index is 0.0372. The number of rotatable bonds is 1. The van der Waals surface area contributed by atoms with Crippen LogP contribution in [0.4, 0.5) is 0 Å². The Labute approximate surface area is 84.1 Å². The lowest BCUT2D eigenvalue weighted by Crippen LogP contribution is -2.58. The lowest BCUT2D eigenvalue weighted by molar-refractivity contribution is -0.131. The smallest absolute Gasteiger partial charge is 0.246 e. The van der Waals surface area contributed by atoms with E-state index in [0.717, 1.165) is 39.4 Å². The maximum atomic E-state index is 11.4. The molecule has 4 nitrogen and oxygen atoms in total. The molecule has 0 bridgehead atoms. The van der Waals surface area contributed by atoms with Gasteiger partial charge in [-0.25, -0.2) is 0 Å². The number of nitrogens with zero attached hydrogens (tertiary/aromatic N) is 2. The molecule has 0 aromatic rings. The van der Waals surface area contributed by atoms with Gasteiger partial charge in [-0.3, -0.25) is 9.69 Å². The Hall–Kier alpha value is -0.870. The van der Waals surface area contributed by atoms with Crippen molar-refractivity contribution >= 4 is 5.91 Å². The summed E-state index contributed by atoms with van der Waals surface area (Å²) in [4.78, 5) is 15.6. The highest BCUT2D eigenvalue weighted by Gasteiger charge is 2.30. The van der Waals surface area contributed by atoms with E-state index in [4.69, 9.17) is 4.74 Å². The summed E-state index contributed by atoms with van der Waals surface area (Å²) in [7, 11) is 0. The van der Waals surface area contributed by atoms with Crippen LogP contribution in [0.25, 0.3) is 0 Å². The van der Waals surface area contributed by atoms with Gasteiger partial charge in [0.25, 0.3) is 0 Å². The number of piperazine rings is 1. The van der Waals surface area contributed by atoms with E-state index in [1.165, 1.54) is 6.08 Å². The van der Waals surface area contributed by atoms with Gasteiger partial charge in [-0.15, -0.1) is 0 Å². The van der Waals surface area contributed by atoms with Crippen LogP contribution in [-0.2, 0) is 9.53 Å². The van der Waals surface area contributed by atoms with Gasteiger partial charge in [-0.05, 0) is 6.08 Å². The third kappa shape index (κ3) is 1.81. The highest BCUT2D eigenvalue weighted by molar-refractivity contribution is 5.87. The number of fused-ring (bicyclic) bond motifs is 1. The summed E-state index contributed by atoms with van der Waals surface area (Å²) in [5.41, 5.74) is 0. The Morgan fingerprint density at radius 3 is 3.07 bits per heavy atom. The van der Waals surface area contributed by atoms with Crippen LogP contribution >= 0.6 is 0 Å². The summed E-state index contributed by atoms with van der Waals surface area (Å²) in [6, 6.07) is 0.390. The fraction of sp³-hybridized carbons (Fsp3) is 0.700.